The van der Waals surface area contributed by atoms with Gasteiger partial charge in [0.15, 0.2) is 5.01 Å². The summed E-state index contributed by atoms with van der Waals surface area (Å²) in [5, 5.41) is 14.0. The molecule has 3 aromatic rings. The van der Waals surface area contributed by atoms with E-state index >= 15 is 0 Å². The molecule has 4 rings (SSSR count). The monoisotopic (exact) mass is 586 g/mol. The predicted molar refractivity (Wildman–Crippen MR) is 158 cm³/mol. The third-order valence-electron chi connectivity index (χ3n) is 6.63. The van der Waals surface area contributed by atoms with Gasteiger partial charge >= 0.3 is 0 Å². The Labute approximate surface area is 240 Å². The highest BCUT2D eigenvalue weighted by molar-refractivity contribution is 7.89. The first-order chi connectivity index (χ1) is 18.6. The maximum absolute atomic E-state index is 13.9. The minimum Gasteiger partial charge on any atom is -0.389 e. The number of rotatable bonds is 7. The summed E-state index contributed by atoms with van der Waals surface area (Å²) in [5.41, 5.74) is -0.999. The third kappa shape index (κ3) is 6.71. The number of nitrogens with zero attached hydrogens (tertiary/aromatic N) is 2. The number of hydrogen-bond donors (Lipinski definition) is 3. The van der Waals surface area contributed by atoms with E-state index in [1.807, 2.05) is 19.1 Å². The van der Waals surface area contributed by atoms with E-state index < -0.39 is 27.1 Å². The molecule has 216 valence electrons. The molecular formula is C29H38N4O5S2. The lowest BCUT2D eigenvalue weighted by molar-refractivity contribution is 0.0630. The number of carbonyl (C=O) groups is 2. The Hall–Kier alpha value is -2.86. The number of thiazole rings is 1. The van der Waals surface area contributed by atoms with Crippen molar-refractivity contribution in [2.45, 2.75) is 82.9 Å². The number of hydrogen-bond acceptors (Lipinski definition) is 7. The lowest BCUT2D eigenvalue weighted by Crippen LogP contribution is -2.42. The highest BCUT2D eigenvalue weighted by atomic mass is 32.2. The number of aromatic nitrogens is 1. The van der Waals surface area contributed by atoms with E-state index in [4.69, 9.17) is 0 Å². The van der Waals surface area contributed by atoms with Crippen LogP contribution in [0, 0.1) is 0 Å². The summed E-state index contributed by atoms with van der Waals surface area (Å²) in [5.74, 6) is -0.743. The number of fused-ring (bicyclic) bond motifs is 1. The molecule has 0 radical (unpaired) electrons. The molecule has 1 atom stereocenters. The summed E-state index contributed by atoms with van der Waals surface area (Å²) in [7, 11) is -3.85. The third-order valence-corrected chi connectivity index (χ3v) is 9.53. The molecule has 0 bridgehead atoms. The van der Waals surface area contributed by atoms with Crippen LogP contribution < -0.4 is 10.0 Å². The van der Waals surface area contributed by atoms with Crippen LogP contribution in [0.15, 0.2) is 41.3 Å². The maximum Gasteiger partial charge on any atom is 0.280 e. The normalized spacial score (nSPS) is 16.8. The largest absolute Gasteiger partial charge is 0.389 e. The van der Waals surface area contributed by atoms with Gasteiger partial charge in [0.2, 0.25) is 10.0 Å². The number of sulfonamides is 1. The second-order valence-electron chi connectivity index (χ2n) is 12.0. The van der Waals surface area contributed by atoms with Crippen LogP contribution in [0.2, 0.25) is 0 Å². The Morgan fingerprint density at radius 3 is 2.38 bits per heavy atom. The Balaban J connectivity index is 1.87. The lowest BCUT2D eigenvalue weighted by Gasteiger charge is -2.33. The molecule has 2 amide bonds. The van der Waals surface area contributed by atoms with Gasteiger partial charge in [0.05, 0.1) is 15.4 Å². The van der Waals surface area contributed by atoms with Crippen LogP contribution in [0.5, 0.6) is 0 Å². The van der Waals surface area contributed by atoms with Gasteiger partial charge in [0, 0.05) is 35.6 Å². The summed E-state index contributed by atoms with van der Waals surface area (Å²) in [4.78, 5) is 33.9. The molecular weight excluding hydrogens is 548 g/mol. The Kier molecular flexibility index (Phi) is 8.43. The first-order valence-corrected chi connectivity index (χ1v) is 15.8. The van der Waals surface area contributed by atoms with Crippen molar-refractivity contribution in [3.8, 4) is 10.4 Å². The number of carbonyl (C=O) groups excluding carboxylic acids is 2. The Morgan fingerprint density at radius 2 is 1.75 bits per heavy atom. The van der Waals surface area contributed by atoms with Crippen molar-refractivity contribution >= 4 is 43.9 Å². The van der Waals surface area contributed by atoms with Gasteiger partial charge in [0.25, 0.3) is 11.8 Å². The number of aliphatic hydroxyl groups is 1. The van der Waals surface area contributed by atoms with E-state index in [0.29, 0.717) is 27.8 Å². The summed E-state index contributed by atoms with van der Waals surface area (Å²) in [6.45, 7) is 11.1. The van der Waals surface area contributed by atoms with Crippen molar-refractivity contribution in [3.63, 3.8) is 0 Å². The van der Waals surface area contributed by atoms with Gasteiger partial charge in [-0.05, 0) is 72.3 Å². The smallest absolute Gasteiger partial charge is 0.280 e. The summed E-state index contributed by atoms with van der Waals surface area (Å²) >= 11 is 1.09. The van der Waals surface area contributed by atoms with E-state index in [2.05, 4.69) is 15.0 Å². The average molecular weight is 587 g/mol. The fraction of sp³-hybridized carbons (Fsp3) is 0.483. The minimum absolute atomic E-state index is 0.0173. The van der Waals surface area contributed by atoms with Crippen molar-refractivity contribution in [2.24, 2.45) is 0 Å². The highest BCUT2D eigenvalue weighted by Crippen LogP contribution is 2.39. The molecule has 0 aliphatic carbocycles. The second-order valence-corrected chi connectivity index (χ2v) is 14.7. The van der Waals surface area contributed by atoms with Crippen molar-refractivity contribution in [1.29, 1.82) is 0 Å². The van der Waals surface area contributed by atoms with Crippen molar-refractivity contribution < 1.29 is 23.1 Å². The maximum atomic E-state index is 13.9. The zero-order valence-corrected chi connectivity index (χ0v) is 25.5. The first kappa shape index (κ1) is 30.1. The molecule has 0 spiro atoms. The topological polar surface area (TPSA) is 129 Å². The second kappa shape index (κ2) is 11.2. The van der Waals surface area contributed by atoms with Crippen molar-refractivity contribution in [3.05, 3.63) is 47.1 Å². The van der Waals surface area contributed by atoms with E-state index in [1.165, 1.54) is 6.07 Å². The van der Waals surface area contributed by atoms with Crippen LogP contribution in [-0.4, -0.2) is 65.5 Å². The SMILES string of the molecule is CC1CCCCN1C(=O)c1nc(C(=O)NCC(C)(C)O)sc1-c1ccc(S(=O)(=O)NC(C)(C)C)c2ccccc12. The van der Waals surface area contributed by atoms with Gasteiger partial charge in [-0.3, -0.25) is 9.59 Å². The van der Waals surface area contributed by atoms with E-state index in [-0.39, 0.29) is 34.1 Å². The Bertz CT molecular complexity index is 1530. The summed E-state index contributed by atoms with van der Waals surface area (Å²) in [6, 6.07) is 10.4. The lowest BCUT2D eigenvalue weighted by atomic mass is 10.0. The molecule has 1 unspecified atom stereocenters. The Morgan fingerprint density at radius 1 is 1.07 bits per heavy atom. The molecule has 11 heteroatoms. The average Bonchev–Trinajstić information content (AvgIpc) is 3.30. The molecule has 3 N–H and O–H groups in total. The van der Waals surface area contributed by atoms with Crippen LogP contribution in [0.25, 0.3) is 21.2 Å². The van der Waals surface area contributed by atoms with Gasteiger partial charge in [-0.15, -0.1) is 11.3 Å². The van der Waals surface area contributed by atoms with E-state index in [1.54, 1.807) is 57.7 Å². The number of piperidine rings is 1. The molecule has 1 aromatic heterocycles. The van der Waals surface area contributed by atoms with Gasteiger partial charge in [-0.2, -0.15) is 0 Å². The molecule has 1 fully saturated rings. The van der Waals surface area contributed by atoms with Crippen LogP contribution in [0.1, 0.15) is 81.1 Å². The molecule has 1 saturated heterocycles. The minimum atomic E-state index is -3.85. The van der Waals surface area contributed by atoms with Crippen LogP contribution >= 0.6 is 11.3 Å². The standard InChI is InChI=1S/C29H38N4O5S2/c1-18-11-9-10-16-33(18)27(35)23-24(39-26(31-23)25(34)30-17-29(5,6)36)21-14-15-22(20-13-8-7-12-19(20)21)40(37,38)32-28(2,3)4/h7-8,12-15,18,32,36H,9-11,16-17H2,1-6H3,(H,30,34). The molecule has 9 nitrogen and oxygen atoms in total. The van der Waals surface area contributed by atoms with Gasteiger partial charge in [0.1, 0.15) is 5.69 Å². The number of likely N-dealkylation sites (tertiary alicyclic amines) is 1. The molecule has 0 saturated carbocycles. The van der Waals surface area contributed by atoms with E-state index in [0.717, 1.165) is 30.6 Å². The van der Waals surface area contributed by atoms with Crippen molar-refractivity contribution in [1.82, 2.24) is 19.9 Å². The van der Waals surface area contributed by atoms with Gasteiger partial charge in [-0.25, -0.2) is 18.1 Å². The zero-order chi connectivity index (χ0) is 29.5. The summed E-state index contributed by atoms with van der Waals surface area (Å²) in [6.07, 6.45) is 2.83. The van der Waals surface area contributed by atoms with Crippen LogP contribution in [0.3, 0.4) is 0 Å². The van der Waals surface area contributed by atoms with Gasteiger partial charge in [-0.1, -0.05) is 30.3 Å². The molecule has 1 aliphatic rings. The highest BCUT2D eigenvalue weighted by Gasteiger charge is 2.32. The number of amides is 2. The quantitative estimate of drug-likeness (QED) is 0.373. The first-order valence-electron chi connectivity index (χ1n) is 13.5. The molecule has 40 heavy (non-hydrogen) atoms. The van der Waals surface area contributed by atoms with Crippen LogP contribution in [0.4, 0.5) is 0 Å². The molecule has 1 aliphatic heterocycles. The molecule has 2 aromatic carbocycles. The summed E-state index contributed by atoms with van der Waals surface area (Å²) < 4.78 is 29.4. The van der Waals surface area contributed by atoms with E-state index in [9.17, 15) is 23.1 Å². The molecule has 2 heterocycles. The van der Waals surface area contributed by atoms with Gasteiger partial charge < -0.3 is 15.3 Å². The predicted octanol–water partition coefficient (Wildman–Crippen LogP) is 4.56. The fourth-order valence-electron chi connectivity index (χ4n) is 4.81. The number of benzene rings is 2. The van der Waals surface area contributed by atoms with Crippen molar-refractivity contribution in [2.75, 3.05) is 13.1 Å². The zero-order valence-electron chi connectivity index (χ0n) is 23.9. The van der Waals surface area contributed by atoms with Crippen LogP contribution in [-0.2, 0) is 10.0 Å². The fourth-order valence-corrected chi connectivity index (χ4v) is 7.46. The number of nitrogens with one attached hydrogen (secondary N) is 2.